The van der Waals surface area contributed by atoms with Gasteiger partial charge in [-0.1, -0.05) is 6.07 Å². The van der Waals surface area contributed by atoms with Crippen molar-refractivity contribution in [1.29, 1.82) is 0 Å². The Kier molecular flexibility index (Phi) is 4.00. The zero-order valence-corrected chi connectivity index (χ0v) is 12.7. The average Bonchev–Trinajstić information content (AvgIpc) is 2.37. The predicted octanol–water partition coefficient (Wildman–Crippen LogP) is 3.69. The second-order valence-corrected chi connectivity index (χ2v) is 6.58. The number of halogens is 2. The van der Waals surface area contributed by atoms with Gasteiger partial charge in [0.2, 0.25) is 0 Å². The number of sulfonamides is 1. The molecule has 2 aromatic rings. The Morgan fingerprint density at radius 3 is 2.14 bits per heavy atom. The highest BCUT2D eigenvalue weighted by atomic mass is 32.2. The monoisotopic (exact) mass is 311 g/mol. The molecule has 112 valence electrons. The molecule has 0 aliphatic rings. The topological polar surface area (TPSA) is 46.2 Å². The van der Waals surface area contributed by atoms with Gasteiger partial charge in [0.05, 0.1) is 10.6 Å². The molecule has 0 fully saturated rings. The van der Waals surface area contributed by atoms with Crippen molar-refractivity contribution in [3.8, 4) is 0 Å². The van der Waals surface area contributed by atoms with Crippen LogP contribution < -0.4 is 4.72 Å². The van der Waals surface area contributed by atoms with Gasteiger partial charge in [-0.3, -0.25) is 4.72 Å². The van der Waals surface area contributed by atoms with E-state index < -0.39 is 21.7 Å². The van der Waals surface area contributed by atoms with Crippen LogP contribution in [0.2, 0.25) is 0 Å². The fourth-order valence-electron chi connectivity index (χ4n) is 2.00. The summed E-state index contributed by atoms with van der Waals surface area (Å²) in [5.41, 5.74) is 2.07. The maximum Gasteiger partial charge on any atom is 0.262 e. The second-order valence-electron chi connectivity index (χ2n) is 4.93. The van der Waals surface area contributed by atoms with Gasteiger partial charge in [-0.05, 0) is 55.7 Å². The van der Waals surface area contributed by atoms with Gasteiger partial charge < -0.3 is 0 Å². The van der Waals surface area contributed by atoms with Gasteiger partial charge in [0.25, 0.3) is 10.0 Å². The third-order valence-electron chi connectivity index (χ3n) is 3.26. The molecule has 0 amide bonds. The van der Waals surface area contributed by atoms with Crippen LogP contribution in [0.25, 0.3) is 0 Å². The van der Waals surface area contributed by atoms with Crippen molar-refractivity contribution in [3.63, 3.8) is 0 Å². The number of aryl methyl sites for hydroxylation is 3. The summed E-state index contributed by atoms with van der Waals surface area (Å²) in [5, 5.41) is 0. The van der Waals surface area contributed by atoms with Gasteiger partial charge in [-0.15, -0.1) is 0 Å². The molecule has 2 aromatic carbocycles. The molecule has 0 atom stereocenters. The number of benzene rings is 2. The van der Waals surface area contributed by atoms with E-state index in [2.05, 4.69) is 4.72 Å². The normalized spacial score (nSPS) is 11.5. The van der Waals surface area contributed by atoms with E-state index >= 15 is 0 Å². The fourth-order valence-corrected chi connectivity index (χ4v) is 3.38. The van der Waals surface area contributed by atoms with E-state index in [4.69, 9.17) is 0 Å². The van der Waals surface area contributed by atoms with Crippen molar-refractivity contribution in [1.82, 2.24) is 0 Å². The summed E-state index contributed by atoms with van der Waals surface area (Å²) in [4.78, 5) is 0.0781. The van der Waals surface area contributed by atoms with E-state index in [9.17, 15) is 17.2 Å². The summed E-state index contributed by atoms with van der Waals surface area (Å²) >= 11 is 0. The van der Waals surface area contributed by atoms with Crippen LogP contribution in [-0.4, -0.2) is 8.42 Å². The van der Waals surface area contributed by atoms with Crippen LogP contribution in [0.3, 0.4) is 0 Å². The lowest BCUT2D eigenvalue weighted by molar-refractivity contribution is 0.582. The van der Waals surface area contributed by atoms with Crippen molar-refractivity contribution >= 4 is 15.7 Å². The third-order valence-corrected chi connectivity index (χ3v) is 4.76. The first-order valence-electron chi connectivity index (χ1n) is 6.26. The Morgan fingerprint density at radius 2 is 1.52 bits per heavy atom. The molecular weight excluding hydrogens is 296 g/mol. The first kappa shape index (κ1) is 15.4. The highest BCUT2D eigenvalue weighted by Crippen LogP contribution is 2.24. The van der Waals surface area contributed by atoms with Gasteiger partial charge in [0.1, 0.15) is 11.6 Å². The summed E-state index contributed by atoms with van der Waals surface area (Å²) in [6.45, 7) is 5.35. The number of anilines is 1. The minimum absolute atomic E-state index is 0.0781. The van der Waals surface area contributed by atoms with E-state index in [0.717, 1.165) is 23.3 Å². The standard InChI is InChI=1S/C15H15F2NO2S/c1-9-6-11(3)15(7-10(9)2)21(19,20)18-14-5-4-12(16)8-13(14)17/h4-8,18H,1-3H3. The zero-order chi connectivity index (χ0) is 15.8. The lowest BCUT2D eigenvalue weighted by atomic mass is 10.1. The Hall–Kier alpha value is -1.95. The van der Waals surface area contributed by atoms with Crippen LogP contribution >= 0.6 is 0 Å². The number of hydrogen-bond donors (Lipinski definition) is 1. The maximum atomic E-state index is 13.6. The van der Waals surface area contributed by atoms with Crippen molar-refractivity contribution in [2.24, 2.45) is 0 Å². The van der Waals surface area contributed by atoms with Gasteiger partial charge in [-0.25, -0.2) is 17.2 Å². The highest BCUT2D eigenvalue weighted by Gasteiger charge is 2.19. The zero-order valence-electron chi connectivity index (χ0n) is 11.9. The molecule has 0 aromatic heterocycles. The lowest BCUT2D eigenvalue weighted by Gasteiger charge is -2.13. The molecular formula is C15H15F2NO2S. The van der Waals surface area contributed by atoms with Crippen LogP contribution in [0.1, 0.15) is 16.7 Å². The number of nitrogens with one attached hydrogen (secondary N) is 1. The van der Waals surface area contributed by atoms with E-state index in [0.29, 0.717) is 11.6 Å². The van der Waals surface area contributed by atoms with Crippen LogP contribution in [0, 0.1) is 32.4 Å². The predicted molar refractivity (Wildman–Crippen MR) is 77.8 cm³/mol. The molecule has 3 nitrogen and oxygen atoms in total. The number of rotatable bonds is 3. The molecule has 0 bridgehead atoms. The molecule has 0 aliphatic heterocycles. The van der Waals surface area contributed by atoms with Gasteiger partial charge in [-0.2, -0.15) is 0 Å². The number of hydrogen-bond acceptors (Lipinski definition) is 2. The maximum absolute atomic E-state index is 13.6. The van der Waals surface area contributed by atoms with Crippen LogP contribution in [-0.2, 0) is 10.0 Å². The first-order chi connectivity index (χ1) is 9.70. The van der Waals surface area contributed by atoms with Crippen LogP contribution in [0.4, 0.5) is 14.5 Å². The molecule has 0 heterocycles. The van der Waals surface area contributed by atoms with Crippen molar-refractivity contribution < 1.29 is 17.2 Å². The van der Waals surface area contributed by atoms with Crippen molar-refractivity contribution in [3.05, 3.63) is 58.7 Å². The summed E-state index contributed by atoms with van der Waals surface area (Å²) < 4.78 is 53.3. The minimum Gasteiger partial charge on any atom is -0.277 e. The summed E-state index contributed by atoms with van der Waals surface area (Å²) in [6, 6.07) is 5.97. The SMILES string of the molecule is Cc1cc(C)c(S(=O)(=O)Nc2ccc(F)cc2F)cc1C. The quantitative estimate of drug-likeness (QED) is 0.939. The molecule has 0 saturated carbocycles. The van der Waals surface area contributed by atoms with E-state index in [1.54, 1.807) is 19.9 Å². The Labute approximate surface area is 122 Å². The van der Waals surface area contributed by atoms with Crippen LogP contribution in [0.5, 0.6) is 0 Å². The molecule has 0 spiro atoms. The summed E-state index contributed by atoms with van der Waals surface area (Å²) in [5.74, 6) is -1.72. The van der Waals surface area contributed by atoms with E-state index in [-0.39, 0.29) is 10.6 Å². The molecule has 1 N–H and O–H groups in total. The average molecular weight is 311 g/mol. The molecule has 0 radical (unpaired) electrons. The highest BCUT2D eigenvalue weighted by molar-refractivity contribution is 7.92. The Morgan fingerprint density at radius 1 is 0.905 bits per heavy atom. The third kappa shape index (κ3) is 3.21. The first-order valence-corrected chi connectivity index (χ1v) is 7.75. The summed E-state index contributed by atoms with van der Waals surface area (Å²) in [7, 11) is -3.93. The minimum atomic E-state index is -3.93. The van der Waals surface area contributed by atoms with Gasteiger partial charge in [0, 0.05) is 6.07 Å². The van der Waals surface area contributed by atoms with Gasteiger partial charge >= 0.3 is 0 Å². The van der Waals surface area contributed by atoms with Crippen molar-refractivity contribution in [2.75, 3.05) is 4.72 Å². The van der Waals surface area contributed by atoms with E-state index in [1.165, 1.54) is 6.07 Å². The molecule has 0 saturated heterocycles. The lowest BCUT2D eigenvalue weighted by Crippen LogP contribution is -2.15. The largest absolute Gasteiger partial charge is 0.277 e. The molecule has 0 aliphatic carbocycles. The van der Waals surface area contributed by atoms with Gasteiger partial charge in [0.15, 0.2) is 0 Å². The molecule has 6 heteroatoms. The Bertz CT molecular complexity index is 802. The fraction of sp³-hybridized carbons (Fsp3) is 0.200. The smallest absolute Gasteiger partial charge is 0.262 e. The second kappa shape index (κ2) is 5.44. The molecule has 2 rings (SSSR count). The Balaban J connectivity index is 2.46. The van der Waals surface area contributed by atoms with Crippen LogP contribution in [0.15, 0.2) is 35.2 Å². The van der Waals surface area contributed by atoms with E-state index in [1.807, 2.05) is 6.92 Å². The molecule has 21 heavy (non-hydrogen) atoms. The molecule has 0 unspecified atom stereocenters. The van der Waals surface area contributed by atoms with Crippen molar-refractivity contribution in [2.45, 2.75) is 25.7 Å². The summed E-state index contributed by atoms with van der Waals surface area (Å²) in [6.07, 6.45) is 0.